The second-order valence-corrected chi connectivity index (χ2v) is 7.68. The molecule has 1 amide bonds. The first-order valence-electron chi connectivity index (χ1n) is 10.5. The number of carbonyl (C=O) groups is 1. The predicted octanol–water partition coefficient (Wildman–Crippen LogP) is 5.38. The lowest BCUT2D eigenvalue weighted by molar-refractivity contribution is 0.1000. The number of halogens is 1. The minimum atomic E-state index is -0.466. The van der Waals surface area contributed by atoms with Gasteiger partial charge in [-0.15, -0.1) is 0 Å². The number of nitrogens with two attached hydrogens (primary N) is 1. The highest BCUT2D eigenvalue weighted by Crippen LogP contribution is 2.34. The van der Waals surface area contributed by atoms with Crippen molar-refractivity contribution in [1.82, 2.24) is 4.57 Å². The highest BCUT2D eigenvalue weighted by Gasteiger charge is 2.24. The number of aromatic hydroxyl groups is 1. The fourth-order valence-corrected chi connectivity index (χ4v) is 4.04. The molecule has 0 saturated carbocycles. The second-order valence-electron chi connectivity index (χ2n) is 7.68. The topological polar surface area (TPSA) is 68.2 Å². The summed E-state index contributed by atoms with van der Waals surface area (Å²) < 4.78 is 15.7. The Hall–Kier alpha value is -3.08. The molecule has 0 bridgehead atoms. The van der Waals surface area contributed by atoms with Crippen molar-refractivity contribution in [2.45, 2.75) is 52.5 Å². The number of primary amides is 1. The molecule has 0 radical (unpaired) electrons. The molecular formula is C25H29FN2O2. The van der Waals surface area contributed by atoms with Gasteiger partial charge in [0.1, 0.15) is 11.6 Å². The Labute approximate surface area is 177 Å². The third-order valence-corrected chi connectivity index (χ3v) is 5.59. The van der Waals surface area contributed by atoms with Crippen molar-refractivity contribution in [2.75, 3.05) is 0 Å². The Morgan fingerprint density at radius 3 is 2.30 bits per heavy atom. The number of rotatable bonds is 9. The van der Waals surface area contributed by atoms with Crippen molar-refractivity contribution >= 4 is 5.91 Å². The molecule has 3 N–H and O–H groups in total. The van der Waals surface area contributed by atoms with E-state index in [0.29, 0.717) is 12.1 Å². The summed E-state index contributed by atoms with van der Waals surface area (Å²) in [5, 5.41) is 9.51. The molecule has 0 unspecified atom stereocenters. The average Bonchev–Trinajstić information content (AvgIpc) is 3.00. The first kappa shape index (κ1) is 21.6. The van der Waals surface area contributed by atoms with Crippen molar-refractivity contribution in [1.29, 1.82) is 0 Å². The zero-order valence-electron chi connectivity index (χ0n) is 17.6. The summed E-state index contributed by atoms with van der Waals surface area (Å²) in [6.45, 7) is 4.78. The summed E-state index contributed by atoms with van der Waals surface area (Å²) in [6, 6.07) is 13.4. The lowest BCUT2D eigenvalue weighted by Gasteiger charge is -2.14. The highest BCUT2D eigenvalue weighted by molar-refractivity contribution is 6.02. The molecule has 0 aliphatic carbocycles. The van der Waals surface area contributed by atoms with Crippen molar-refractivity contribution < 1.29 is 14.3 Å². The van der Waals surface area contributed by atoms with Gasteiger partial charge in [0.05, 0.1) is 5.56 Å². The Bertz CT molecular complexity index is 1010. The molecule has 3 rings (SSSR count). The molecule has 1 aromatic heterocycles. The van der Waals surface area contributed by atoms with Crippen LogP contribution in [0, 0.1) is 12.7 Å². The number of nitrogens with zero attached hydrogens (tertiary/aromatic N) is 1. The van der Waals surface area contributed by atoms with Gasteiger partial charge in [-0.25, -0.2) is 4.39 Å². The maximum Gasteiger partial charge on any atom is 0.251 e. The average molecular weight is 409 g/mol. The van der Waals surface area contributed by atoms with E-state index in [0.717, 1.165) is 60.2 Å². The van der Waals surface area contributed by atoms with Gasteiger partial charge in [0.25, 0.3) is 5.91 Å². The van der Waals surface area contributed by atoms with Gasteiger partial charge in [0.2, 0.25) is 0 Å². The van der Waals surface area contributed by atoms with Crippen molar-refractivity contribution in [3.63, 3.8) is 0 Å². The largest absolute Gasteiger partial charge is 0.508 e. The summed E-state index contributed by atoms with van der Waals surface area (Å²) >= 11 is 0. The lowest BCUT2D eigenvalue weighted by atomic mass is 9.97. The van der Waals surface area contributed by atoms with Crippen molar-refractivity contribution in [3.05, 3.63) is 76.9 Å². The van der Waals surface area contributed by atoms with Crippen LogP contribution in [-0.2, 0) is 19.4 Å². The third-order valence-electron chi connectivity index (χ3n) is 5.59. The smallest absolute Gasteiger partial charge is 0.251 e. The van der Waals surface area contributed by atoms with Crippen molar-refractivity contribution in [3.8, 4) is 16.9 Å². The van der Waals surface area contributed by atoms with Gasteiger partial charge in [-0.05, 0) is 61.6 Å². The standard InChI is InChI=1S/C25H29FN2O2/c1-3-4-5-6-22-24(19-9-11-20(26)12-10-19)23(25(27)30)17(2)28(22)16-15-18-7-13-21(29)14-8-18/h7-14,29H,3-6,15-16H2,1-2H3,(H2,27,30). The lowest BCUT2D eigenvalue weighted by Crippen LogP contribution is -2.14. The van der Waals surface area contributed by atoms with Gasteiger partial charge >= 0.3 is 0 Å². The minimum absolute atomic E-state index is 0.241. The van der Waals surface area contributed by atoms with Gasteiger partial charge in [-0.1, -0.05) is 44.0 Å². The van der Waals surface area contributed by atoms with Crippen LogP contribution in [0.1, 0.15) is 53.5 Å². The number of carbonyl (C=O) groups excluding carboxylic acids is 1. The Morgan fingerprint density at radius 2 is 1.70 bits per heavy atom. The van der Waals surface area contributed by atoms with E-state index in [1.165, 1.54) is 12.1 Å². The number of benzene rings is 2. The number of unbranched alkanes of at least 4 members (excludes halogenated alkanes) is 2. The number of amides is 1. The van der Waals surface area contributed by atoms with Crippen LogP contribution in [0.2, 0.25) is 0 Å². The van der Waals surface area contributed by atoms with E-state index in [2.05, 4.69) is 11.5 Å². The van der Waals surface area contributed by atoms with Crippen LogP contribution in [0.4, 0.5) is 4.39 Å². The number of hydrogen-bond donors (Lipinski definition) is 2. The van der Waals surface area contributed by atoms with Crippen LogP contribution < -0.4 is 5.73 Å². The van der Waals surface area contributed by atoms with Crippen LogP contribution in [0.5, 0.6) is 5.75 Å². The van der Waals surface area contributed by atoms with E-state index in [9.17, 15) is 14.3 Å². The molecule has 5 heteroatoms. The molecule has 3 aromatic rings. The third kappa shape index (κ3) is 4.73. The van der Waals surface area contributed by atoms with Gasteiger partial charge in [-0.3, -0.25) is 4.79 Å². The van der Waals surface area contributed by atoms with Crippen LogP contribution in [0.15, 0.2) is 48.5 Å². The van der Waals surface area contributed by atoms with E-state index in [1.54, 1.807) is 24.3 Å². The van der Waals surface area contributed by atoms with E-state index in [-0.39, 0.29) is 11.6 Å². The maximum absolute atomic E-state index is 13.5. The predicted molar refractivity (Wildman–Crippen MR) is 118 cm³/mol. The molecule has 2 aromatic carbocycles. The summed E-state index contributed by atoms with van der Waals surface area (Å²) in [7, 11) is 0. The zero-order valence-corrected chi connectivity index (χ0v) is 17.6. The molecule has 1 heterocycles. The number of aromatic nitrogens is 1. The molecule has 0 spiro atoms. The number of hydrogen-bond acceptors (Lipinski definition) is 2. The van der Waals surface area contributed by atoms with Gasteiger partial charge < -0.3 is 15.4 Å². The normalized spacial score (nSPS) is 11.0. The van der Waals surface area contributed by atoms with Crippen LogP contribution >= 0.6 is 0 Å². The van der Waals surface area contributed by atoms with E-state index >= 15 is 0 Å². The van der Waals surface area contributed by atoms with Crippen LogP contribution in [0.25, 0.3) is 11.1 Å². The summed E-state index contributed by atoms with van der Waals surface area (Å²) in [5.74, 6) is -0.534. The zero-order chi connectivity index (χ0) is 21.7. The number of phenols is 1. The molecule has 4 nitrogen and oxygen atoms in total. The molecule has 30 heavy (non-hydrogen) atoms. The van der Waals surface area contributed by atoms with Crippen LogP contribution in [0.3, 0.4) is 0 Å². The number of phenolic OH excluding ortho intramolecular Hbond substituents is 1. The molecule has 0 aliphatic rings. The number of aryl methyl sites for hydroxylation is 1. The first-order chi connectivity index (χ1) is 14.4. The monoisotopic (exact) mass is 408 g/mol. The summed E-state index contributed by atoms with van der Waals surface area (Å²) in [5.41, 5.74) is 10.9. The van der Waals surface area contributed by atoms with E-state index in [1.807, 2.05) is 19.1 Å². The maximum atomic E-state index is 13.5. The highest BCUT2D eigenvalue weighted by atomic mass is 19.1. The molecular weight excluding hydrogens is 379 g/mol. The second kappa shape index (κ2) is 9.61. The first-order valence-corrected chi connectivity index (χ1v) is 10.5. The molecule has 0 fully saturated rings. The Kier molecular flexibility index (Phi) is 6.93. The fourth-order valence-electron chi connectivity index (χ4n) is 4.04. The van der Waals surface area contributed by atoms with Gasteiger partial charge in [0, 0.05) is 23.5 Å². The van der Waals surface area contributed by atoms with Crippen LogP contribution in [-0.4, -0.2) is 15.6 Å². The molecule has 0 saturated heterocycles. The molecule has 0 atom stereocenters. The van der Waals surface area contributed by atoms with E-state index in [4.69, 9.17) is 5.73 Å². The molecule has 158 valence electrons. The minimum Gasteiger partial charge on any atom is -0.508 e. The summed E-state index contributed by atoms with van der Waals surface area (Å²) in [6.07, 6.45) is 4.78. The van der Waals surface area contributed by atoms with Crippen molar-refractivity contribution in [2.24, 2.45) is 5.73 Å². The fraction of sp³-hybridized carbons (Fsp3) is 0.320. The van der Waals surface area contributed by atoms with Gasteiger partial charge in [-0.2, -0.15) is 0 Å². The molecule has 0 aliphatic heterocycles. The Balaban J connectivity index is 2.06. The van der Waals surface area contributed by atoms with Gasteiger partial charge in [0.15, 0.2) is 0 Å². The van der Waals surface area contributed by atoms with E-state index < -0.39 is 5.91 Å². The SMILES string of the molecule is CCCCCc1c(-c2ccc(F)cc2)c(C(N)=O)c(C)n1CCc1ccc(O)cc1. The Morgan fingerprint density at radius 1 is 1.03 bits per heavy atom. The quantitative estimate of drug-likeness (QED) is 0.467. The summed E-state index contributed by atoms with van der Waals surface area (Å²) in [4.78, 5) is 12.4.